The molecule has 1 aliphatic carbocycles. The summed E-state index contributed by atoms with van der Waals surface area (Å²) in [5, 5.41) is 8.08. The van der Waals surface area contributed by atoms with E-state index in [1.165, 1.54) is 18.4 Å². The largest absolute Gasteiger partial charge is 0.388 e. The van der Waals surface area contributed by atoms with Crippen molar-refractivity contribution in [2.75, 3.05) is 6.54 Å². The quantitative estimate of drug-likeness (QED) is 0.603. The first-order valence-electron chi connectivity index (χ1n) is 5.96. The van der Waals surface area contributed by atoms with E-state index in [0.29, 0.717) is 12.5 Å². The van der Waals surface area contributed by atoms with Crippen LogP contribution in [0, 0.1) is 5.41 Å². The number of nitrogens with zero attached hydrogens (tertiary/aromatic N) is 1. The molecule has 0 atom stereocenters. The van der Waals surface area contributed by atoms with Gasteiger partial charge in [-0.05, 0) is 30.5 Å². The first kappa shape index (κ1) is 12.4. The third kappa shape index (κ3) is 4.02. The van der Waals surface area contributed by atoms with E-state index in [0.717, 1.165) is 18.1 Å². The molecule has 0 spiro atoms. The van der Waals surface area contributed by atoms with E-state index in [2.05, 4.69) is 11.0 Å². The van der Waals surface area contributed by atoms with Crippen LogP contribution in [0.1, 0.15) is 24.8 Å². The van der Waals surface area contributed by atoms with Gasteiger partial charge in [-0.15, -0.1) is 0 Å². The predicted molar refractivity (Wildman–Crippen MR) is 71.4 cm³/mol. The minimum Gasteiger partial charge on any atom is -0.388 e. The Balaban J connectivity index is 1.95. The summed E-state index contributed by atoms with van der Waals surface area (Å²) in [4.78, 5) is 2.40. The Morgan fingerprint density at radius 3 is 2.82 bits per heavy atom. The first-order chi connectivity index (χ1) is 8.15. The van der Waals surface area contributed by atoms with Crippen molar-refractivity contribution in [3.05, 3.63) is 34.9 Å². The van der Waals surface area contributed by atoms with Gasteiger partial charge in [0.05, 0.1) is 5.84 Å². The highest BCUT2D eigenvalue weighted by Crippen LogP contribution is 2.28. The van der Waals surface area contributed by atoms with Crippen molar-refractivity contribution in [3.8, 4) is 0 Å². The molecule has 3 N–H and O–H groups in total. The van der Waals surface area contributed by atoms with Crippen molar-refractivity contribution in [1.82, 2.24) is 4.90 Å². The fraction of sp³-hybridized carbons (Fsp3) is 0.462. The number of benzene rings is 1. The van der Waals surface area contributed by atoms with Crippen LogP contribution in [0.3, 0.4) is 0 Å². The van der Waals surface area contributed by atoms with E-state index in [9.17, 15) is 0 Å². The average Bonchev–Trinajstić information content (AvgIpc) is 3.07. The maximum atomic E-state index is 7.29. The van der Waals surface area contributed by atoms with Crippen molar-refractivity contribution < 1.29 is 0 Å². The zero-order valence-corrected chi connectivity index (χ0v) is 10.6. The highest BCUT2D eigenvalue weighted by molar-refractivity contribution is 6.30. The number of hydrogen-bond donors (Lipinski definition) is 2. The zero-order valence-electron chi connectivity index (χ0n) is 9.82. The van der Waals surface area contributed by atoms with Crippen LogP contribution in [0.15, 0.2) is 24.3 Å². The Labute approximate surface area is 107 Å². The van der Waals surface area contributed by atoms with Gasteiger partial charge in [0, 0.05) is 30.6 Å². The zero-order chi connectivity index (χ0) is 12.3. The van der Waals surface area contributed by atoms with Gasteiger partial charge in [0.25, 0.3) is 0 Å². The van der Waals surface area contributed by atoms with E-state index in [4.69, 9.17) is 22.7 Å². The normalized spacial score (nSPS) is 15.2. The van der Waals surface area contributed by atoms with E-state index >= 15 is 0 Å². The van der Waals surface area contributed by atoms with E-state index in [1.807, 2.05) is 18.2 Å². The molecule has 0 radical (unpaired) electrons. The molecule has 0 unspecified atom stereocenters. The summed E-state index contributed by atoms with van der Waals surface area (Å²) in [5.41, 5.74) is 6.64. The van der Waals surface area contributed by atoms with Crippen LogP contribution in [0.2, 0.25) is 5.02 Å². The summed E-state index contributed by atoms with van der Waals surface area (Å²) in [5.74, 6) is 0.266. The van der Waals surface area contributed by atoms with Crippen LogP contribution in [0.25, 0.3) is 0 Å². The van der Waals surface area contributed by atoms with Gasteiger partial charge in [0.2, 0.25) is 0 Å². The topological polar surface area (TPSA) is 53.1 Å². The Hall–Kier alpha value is -1.06. The van der Waals surface area contributed by atoms with Gasteiger partial charge in [-0.25, -0.2) is 0 Å². The molecule has 17 heavy (non-hydrogen) atoms. The smallest absolute Gasteiger partial charge is 0.0918 e. The molecule has 0 saturated heterocycles. The Kier molecular flexibility index (Phi) is 4.02. The molecule has 92 valence electrons. The molecular formula is C13H18ClN3. The van der Waals surface area contributed by atoms with Gasteiger partial charge in [-0.3, -0.25) is 10.3 Å². The number of rotatable bonds is 6. The second-order valence-corrected chi connectivity index (χ2v) is 5.04. The van der Waals surface area contributed by atoms with Crippen LogP contribution in [0.5, 0.6) is 0 Å². The first-order valence-corrected chi connectivity index (χ1v) is 6.34. The van der Waals surface area contributed by atoms with Gasteiger partial charge in [0.15, 0.2) is 0 Å². The highest BCUT2D eigenvalue weighted by atomic mass is 35.5. The van der Waals surface area contributed by atoms with Crippen LogP contribution >= 0.6 is 11.6 Å². The third-order valence-corrected chi connectivity index (χ3v) is 3.24. The number of nitrogens with one attached hydrogen (secondary N) is 1. The van der Waals surface area contributed by atoms with Gasteiger partial charge in [-0.1, -0.05) is 23.7 Å². The molecule has 1 aromatic carbocycles. The summed E-state index contributed by atoms with van der Waals surface area (Å²) in [6.07, 6.45) is 3.17. The molecule has 0 aliphatic heterocycles. The lowest BCUT2D eigenvalue weighted by Crippen LogP contribution is -2.29. The number of amidine groups is 1. The SMILES string of the molecule is N=C(N)CCN(Cc1cccc(Cl)c1)C1CC1. The van der Waals surface area contributed by atoms with Crippen LogP contribution in [0.4, 0.5) is 0 Å². The maximum Gasteiger partial charge on any atom is 0.0918 e. The molecule has 3 nitrogen and oxygen atoms in total. The molecule has 0 aromatic heterocycles. The molecule has 0 amide bonds. The molecule has 0 bridgehead atoms. The highest BCUT2D eigenvalue weighted by Gasteiger charge is 2.28. The summed E-state index contributed by atoms with van der Waals surface area (Å²) in [6, 6.07) is 8.64. The third-order valence-electron chi connectivity index (χ3n) is 3.01. The van der Waals surface area contributed by atoms with E-state index in [1.54, 1.807) is 0 Å². The van der Waals surface area contributed by atoms with Crippen molar-refractivity contribution in [2.24, 2.45) is 5.73 Å². The standard InChI is InChI=1S/C13H18ClN3/c14-11-3-1-2-10(8-11)9-17(12-4-5-12)7-6-13(15)16/h1-3,8,12H,4-7,9H2,(H3,15,16). The lowest BCUT2D eigenvalue weighted by atomic mass is 10.2. The van der Waals surface area contributed by atoms with Crippen molar-refractivity contribution in [3.63, 3.8) is 0 Å². The van der Waals surface area contributed by atoms with Gasteiger partial charge in [0.1, 0.15) is 0 Å². The monoisotopic (exact) mass is 251 g/mol. The van der Waals surface area contributed by atoms with Crippen molar-refractivity contribution in [1.29, 1.82) is 5.41 Å². The maximum absolute atomic E-state index is 7.29. The molecule has 1 aromatic rings. The summed E-state index contributed by atoms with van der Waals surface area (Å²) >= 11 is 5.98. The number of hydrogen-bond acceptors (Lipinski definition) is 2. The van der Waals surface area contributed by atoms with Gasteiger partial charge in [-0.2, -0.15) is 0 Å². The van der Waals surface area contributed by atoms with E-state index in [-0.39, 0.29) is 5.84 Å². The molecule has 0 heterocycles. The van der Waals surface area contributed by atoms with Crippen molar-refractivity contribution >= 4 is 17.4 Å². The summed E-state index contributed by atoms with van der Waals surface area (Å²) < 4.78 is 0. The molecule has 2 rings (SSSR count). The lowest BCUT2D eigenvalue weighted by Gasteiger charge is -2.21. The minimum absolute atomic E-state index is 0.266. The fourth-order valence-electron chi connectivity index (χ4n) is 1.96. The molecule has 1 saturated carbocycles. The summed E-state index contributed by atoms with van der Waals surface area (Å²) in [6.45, 7) is 1.77. The van der Waals surface area contributed by atoms with Crippen molar-refractivity contribution in [2.45, 2.75) is 31.8 Å². The fourth-order valence-corrected chi connectivity index (χ4v) is 2.18. The number of nitrogens with two attached hydrogens (primary N) is 1. The lowest BCUT2D eigenvalue weighted by molar-refractivity contribution is 0.262. The Morgan fingerprint density at radius 1 is 1.47 bits per heavy atom. The van der Waals surface area contributed by atoms with Crippen LogP contribution < -0.4 is 5.73 Å². The molecule has 4 heteroatoms. The Bertz CT molecular complexity index is 401. The second kappa shape index (κ2) is 5.52. The van der Waals surface area contributed by atoms with Gasteiger partial charge < -0.3 is 5.73 Å². The molecule has 1 fully saturated rings. The molecular weight excluding hydrogens is 234 g/mol. The Morgan fingerprint density at radius 2 is 2.24 bits per heavy atom. The van der Waals surface area contributed by atoms with Crippen LogP contribution in [-0.4, -0.2) is 23.3 Å². The summed E-state index contributed by atoms with van der Waals surface area (Å²) in [7, 11) is 0. The van der Waals surface area contributed by atoms with Crippen LogP contribution in [-0.2, 0) is 6.54 Å². The predicted octanol–water partition coefficient (Wildman–Crippen LogP) is 2.63. The molecule has 1 aliphatic rings. The second-order valence-electron chi connectivity index (χ2n) is 4.61. The average molecular weight is 252 g/mol. The number of halogens is 1. The van der Waals surface area contributed by atoms with E-state index < -0.39 is 0 Å². The minimum atomic E-state index is 0.266. The van der Waals surface area contributed by atoms with Gasteiger partial charge >= 0.3 is 0 Å².